The number of halogens is 1. The highest BCUT2D eigenvalue weighted by atomic mass is 35.5. The van der Waals surface area contributed by atoms with E-state index in [9.17, 15) is 8.76 Å². The zero-order chi connectivity index (χ0) is 14.3. The van der Waals surface area contributed by atoms with Crippen LogP contribution in [0.3, 0.4) is 0 Å². The van der Waals surface area contributed by atoms with Crippen LogP contribution in [0.25, 0.3) is 5.57 Å². The number of hydrogen-bond donors (Lipinski definition) is 1. The van der Waals surface area contributed by atoms with E-state index in [2.05, 4.69) is 10.3 Å². The summed E-state index contributed by atoms with van der Waals surface area (Å²) >= 11 is 3.39. The van der Waals surface area contributed by atoms with Crippen LogP contribution in [0, 0.1) is 0 Å². The van der Waals surface area contributed by atoms with E-state index < -0.39 is 11.1 Å². The highest BCUT2D eigenvalue weighted by molar-refractivity contribution is 7.79. The number of allylic oxidation sites excluding steroid dienone is 3. The summed E-state index contributed by atoms with van der Waals surface area (Å²) < 4.78 is 22.5. The summed E-state index contributed by atoms with van der Waals surface area (Å²) in [5, 5.41) is 2.81. The van der Waals surface area contributed by atoms with Crippen LogP contribution in [0.2, 0.25) is 0 Å². The number of rotatable bonds is 5. The molecule has 102 valence electrons. The van der Waals surface area contributed by atoms with Gasteiger partial charge >= 0.3 is 0 Å². The second kappa shape index (κ2) is 7.89. The predicted molar refractivity (Wildman–Crippen MR) is 80.3 cm³/mol. The van der Waals surface area contributed by atoms with Gasteiger partial charge in [-0.05, 0) is 41.3 Å². The smallest absolute Gasteiger partial charge is 0.0864 e. The average molecular weight is 298 g/mol. The summed E-state index contributed by atoms with van der Waals surface area (Å²) in [5.74, 6) is 0. The van der Waals surface area contributed by atoms with Gasteiger partial charge in [-0.15, -0.1) is 0 Å². The van der Waals surface area contributed by atoms with Crippen molar-refractivity contribution < 1.29 is 8.76 Å². The summed E-state index contributed by atoms with van der Waals surface area (Å²) in [6, 6.07) is 5.02. The molecule has 0 radical (unpaired) electrons. The number of hydrogen-bond acceptors (Lipinski definition) is 3. The summed E-state index contributed by atoms with van der Waals surface area (Å²) in [4.78, 5) is 3.92. The predicted octanol–water partition coefficient (Wildman–Crippen LogP) is 3.15. The van der Waals surface area contributed by atoms with Crippen molar-refractivity contribution in [3.63, 3.8) is 0 Å². The van der Waals surface area contributed by atoms with Crippen LogP contribution in [0.1, 0.15) is 12.5 Å². The maximum Gasteiger partial charge on any atom is 0.0864 e. The van der Waals surface area contributed by atoms with E-state index in [0.29, 0.717) is 5.69 Å². The molecule has 1 aromatic carbocycles. The number of nitrogens with zero attached hydrogens (tertiary/aromatic N) is 1. The number of benzene rings is 1. The maximum absolute atomic E-state index is 11.3. The lowest BCUT2D eigenvalue weighted by Gasteiger charge is -2.13. The SMILES string of the molecule is C/C=C\C(=C\Cl)c1ccc(NC=NC)c(S(=O)[O-])c1. The Morgan fingerprint density at radius 3 is 2.79 bits per heavy atom. The largest absolute Gasteiger partial charge is 0.768 e. The molecule has 0 saturated carbocycles. The van der Waals surface area contributed by atoms with Crippen LogP contribution in [0.5, 0.6) is 0 Å². The van der Waals surface area contributed by atoms with Crippen LogP contribution in [0.4, 0.5) is 5.69 Å². The topological polar surface area (TPSA) is 64.5 Å². The fourth-order valence-corrected chi connectivity index (χ4v) is 2.20. The lowest BCUT2D eigenvalue weighted by Crippen LogP contribution is -2.01. The molecule has 0 aliphatic rings. The molecule has 1 N–H and O–H groups in total. The van der Waals surface area contributed by atoms with Crippen molar-refractivity contribution >= 4 is 40.3 Å². The Morgan fingerprint density at radius 1 is 1.53 bits per heavy atom. The molecule has 0 saturated heterocycles. The van der Waals surface area contributed by atoms with Crippen molar-refractivity contribution in [1.29, 1.82) is 0 Å². The fraction of sp³-hybridized carbons (Fsp3) is 0.154. The van der Waals surface area contributed by atoms with E-state index in [1.807, 2.05) is 13.0 Å². The molecule has 0 fully saturated rings. The van der Waals surface area contributed by atoms with Gasteiger partial charge < -0.3 is 9.87 Å². The van der Waals surface area contributed by atoms with Crippen LogP contribution in [0.15, 0.2) is 45.8 Å². The third-order valence-corrected chi connectivity index (χ3v) is 3.24. The van der Waals surface area contributed by atoms with Gasteiger partial charge in [0.05, 0.1) is 12.0 Å². The highest BCUT2D eigenvalue weighted by Gasteiger charge is 2.06. The van der Waals surface area contributed by atoms with E-state index in [-0.39, 0.29) is 4.90 Å². The van der Waals surface area contributed by atoms with E-state index in [1.165, 1.54) is 11.9 Å². The van der Waals surface area contributed by atoms with Crippen molar-refractivity contribution in [2.75, 3.05) is 12.4 Å². The molecule has 0 aliphatic carbocycles. The number of anilines is 1. The van der Waals surface area contributed by atoms with Crippen LogP contribution >= 0.6 is 11.6 Å². The minimum atomic E-state index is -2.35. The zero-order valence-electron chi connectivity index (χ0n) is 10.6. The Hall–Kier alpha value is -1.43. The summed E-state index contributed by atoms with van der Waals surface area (Å²) in [6.45, 7) is 1.86. The quantitative estimate of drug-likeness (QED) is 0.393. The lowest BCUT2D eigenvalue weighted by molar-refractivity contribution is 0.537. The Bertz CT molecular complexity index is 554. The molecule has 4 nitrogen and oxygen atoms in total. The first-order valence-corrected chi connectivity index (χ1v) is 6.99. The first-order valence-electron chi connectivity index (χ1n) is 5.48. The molecule has 0 heterocycles. The molecule has 1 aromatic rings. The molecule has 0 amide bonds. The van der Waals surface area contributed by atoms with E-state index in [4.69, 9.17) is 11.6 Å². The van der Waals surface area contributed by atoms with Gasteiger partial charge in [-0.3, -0.25) is 9.20 Å². The normalized spacial score (nSPS) is 14.2. The second-order valence-corrected chi connectivity index (χ2v) is 4.67. The molecule has 0 aliphatic heterocycles. The van der Waals surface area contributed by atoms with Crippen LogP contribution in [-0.2, 0) is 11.1 Å². The molecular formula is C13H14ClN2O2S-. The van der Waals surface area contributed by atoms with Gasteiger partial charge in [0, 0.05) is 17.5 Å². The van der Waals surface area contributed by atoms with Gasteiger partial charge in [-0.2, -0.15) is 0 Å². The van der Waals surface area contributed by atoms with Crippen molar-refractivity contribution in [1.82, 2.24) is 0 Å². The van der Waals surface area contributed by atoms with E-state index in [1.54, 1.807) is 31.3 Å². The van der Waals surface area contributed by atoms with Gasteiger partial charge in [0.25, 0.3) is 0 Å². The Kier molecular flexibility index (Phi) is 6.49. The minimum absolute atomic E-state index is 0.165. The number of nitrogens with one attached hydrogen (secondary N) is 1. The fourth-order valence-electron chi connectivity index (χ4n) is 1.47. The van der Waals surface area contributed by atoms with Gasteiger partial charge in [-0.1, -0.05) is 29.8 Å². The van der Waals surface area contributed by atoms with Crippen LogP contribution in [-0.4, -0.2) is 22.1 Å². The molecule has 0 aromatic heterocycles. The Morgan fingerprint density at radius 2 is 2.26 bits per heavy atom. The Labute approximate surface area is 120 Å². The molecule has 1 rings (SSSR count). The van der Waals surface area contributed by atoms with Crippen LogP contribution < -0.4 is 5.32 Å². The standard InChI is InChI=1S/C13H15ClN2O2S/c1-3-4-11(8-14)10-5-6-12(16-9-15-2)13(7-10)19(17)18/h3-9H,1-2H3,(H,15,16)(H,17,18)/p-1/b4-3-,11-8-. The molecule has 1 atom stereocenters. The van der Waals surface area contributed by atoms with Crippen molar-refractivity contribution in [3.05, 3.63) is 41.4 Å². The summed E-state index contributed by atoms with van der Waals surface area (Å²) in [7, 11) is 1.59. The first-order chi connectivity index (χ1) is 9.13. The minimum Gasteiger partial charge on any atom is -0.768 e. The van der Waals surface area contributed by atoms with Crippen molar-refractivity contribution in [2.45, 2.75) is 11.8 Å². The first kappa shape index (κ1) is 15.6. The summed E-state index contributed by atoms with van der Waals surface area (Å²) in [5.41, 5.74) is 3.35. The van der Waals surface area contributed by atoms with Gasteiger partial charge in [0.15, 0.2) is 0 Å². The van der Waals surface area contributed by atoms with Gasteiger partial charge in [0.2, 0.25) is 0 Å². The van der Waals surface area contributed by atoms with Gasteiger partial charge in [-0.25, -0.2) is 0 Å². The maximum atomic E-state index is 11.3. The molecule has 6 heteroatoms. The number of aliphatic imine (C=N–C) groups is 1. The van der Waals surface area contributed by atoms with Crippen molar-refractivity contribution in [3.8, 4) is 0 Å². The Balaban J connectivity index is 3.26. The van der Waals surface area contributed by atoms with Crippen molar-refractivity contribution in [2.24, 2.45) is 4.99 Å². The van der Waals surface area contributed by atoms with E-state index in [0.717, 1.165) is 11.1 Å². The third-order valence-electron chi connectivity index (χ3n) is 2.31. The molecular weight excluding hydrogens is 284 g/mol. The second-order valence-electron chi connectivity index (χ2n) is 3.54. The molecule has 0 spiro atoms. The highest BCUT2D eigenvalue weighted by Crippen LogP contribution is 2.25. The monoisotopic (exact) mass is 297 g/mol. The third kappa shape index (κ3) is 4.31. The average Bonchev–Trinajstić information content (AvgIpc) is 2.42. The zero-order valence-corrected chi connectivity index (χ0v) is 12.2. The molecule has 0 bridgehead atoms. The van der Waals surface area contributed by atoms with E-state index >= 15 is 0 Å². The lowest BCUT2D eigenvalue weighted by atomic mass is 10.1. The van der Waals surface area contributed by atoms with Gasteiger partial charge in [0.1, 0.15) is 0 Å². The molecule has 1 unspecified atom stereocenters. The molecule has 19 heavy (non-hydrogen) atoms. The summed E-state index contributed by atoms with van der Waals surface area (Å²) in [6.07, 6.45) is 5.06.